The normalized spacial score (nSPS) is 17.4. The van der Waals surface area contributed by atoms with Crippen LogP contribution >= 0.6 is 0 Å². The summed E-state index contributed by atoms with van der Waals surface area (Å²) >= 11 is 0. The molecule has 1 N–H and O–H groups in total. The summed E-state index contributed by atoms with van der Waals surface area (Å²) in [4.78, 5) is 1.56. The molecule has 128 valence electrons. The van der Waals surface area contributed by atoms with Crippen LogP contribution in [0.5, 0.6) is 5.75 Å². The zero-order chi connectivity index (χ0) is 17.3. The molecular formula is C17H15F4NO2. The first-order valence-electron chi connectivity index (χ1n) is 7.43. The number of halogens is 4. The molecule has 7 heteroatoms. The number of benzene rings is 2. The number of anilines is 1. The van der Waals surface area contributed by atoms with Gasteiger partial charge in [-0.1, -0.05) is 6.07 Å². The van der Waals surface area contributed by atoms with Crippen LogP contribution in [0.15, 0.2) is 30.3 Å². The van der Waals surface area contributed by atoms with Gasteiger partial charge in [0.05, 0.1) is 11.8 Å². The average molecular weight is 341 g/mol. The molecule has 0 bridgehead atoms. The molecule has 3 rings (SSSR count). The molecule has 0 amide bonds. The summed E-state index contributed by atoms with van der Waals surface area (Å²) in [6, 6.07) is 5.09. The lowest BCUT2D eigenvalue weighted by Crippen LogP contribution is -2.22. The molecule has 1 atom stereocenters. The highest BCUT2D eigenvalue weighted by Crippen LogP contribution is 2.30. The predicted octanol–water partition coefficient (Wildman–Crippen LogP) is 3.39. The van der Waals surface area contributed by atoms with Gasteiger partial charge in [0.1, 0.15) is 12.4 Å². The summed E-state index contributed by atoms with van der Waals surface area (Å²) in [5.74, 6) is -3.79. The minimum absolute atomic E-state index is 0.0595. The largest absolute Gasteiger partial charge is 0.486 e. The SMILES string of the molecule is O[C@@H]1CCN(c2cc(F)c(OCc3ccc(F)c(F)c3)cc2F)C1. The van der Waals surface area contributed by atoms with Crippen LogP contribution in [0.25, 0.3) is 0 Å². The van der Waals surface area contributed by atoms with Crippen molar-refractivity contribution < 1.29 is 27.4 Å². The van der Waals surface area contributed by atoms with E-state index in [1.165, 1.54) is 6.07 Å². The van der Waals surface area contributed by atoms with Crippen molar-refractivity contribution in [2.24, 2.45) is 0 Å². The standard InChI is InChI=1S/C17H15F4NO2/c18-12-2-1-10(5-13(12)19)9-24-17-7-14(20)16(6-15(17)21)22-4-3-11(23)8-22/h1-2,5-7,11,23H,3-4,8-9H2/t11-/m1/s1. The molecule has 0 aromatic heterocycles. The van der Waals surface area contributed by atoms with Gasteiger partial charge >= 0.3 is 0 Å². The van der Waals surface area contributed by atoms with Crippen LogP contribution in [0.1, 0.15) is 12.0 Å². The van der Waals surface area contributed by atoms with E-state index < -0.39 is 29.4 Å². The third-order valence-corrected chi connectivity index (χ3v) is 3.88. The van der Waals surface area contributed by atoms with Gasteiger partial charge in [0, 0.05) is 25.2 Å². The van der Waals surface area contributed by atoms with Gasteiger partial charge in [-0.25, -0.2) is 17.6 Å². The first-order chi connectivity index (χ1) is 11.4. The van der Waals surface area contributed by atoms with Crippen molar-refractivity contribution in [3.63, 3.8) is 0 Å². The molecule has 1 aliphatic rings. The van der Waals surface area contributed by atoms with Gasteiger partial charge in [-0.05, 0) is 24.1 Å². The molecule has 1 heterocycles. The van der Waals surface area contributed by atoms with Crippen molar-refractivity contribution in [2.45, 2.75) is 19.1 Å². The second kappa shape index (κ2) is 6.68. The zero-order valence-corrected chi connectivity index (χ0v) is 12.6. The Labute approximate surface area is 136 Å². The second-order valence-electron chi connectivity index (χ2n) is 5.66. The van der Waals surface area contributed by atoms with E-state index in [4.69, 9.17) is 4.74 Å². The number of rotatable bonds is 4. The average Bonchev–Trinajstić information content (AvgIpc) is 2.97. The Balaban J connectivity index is 1.74. The van der Waals surface area contributed by atoms with Crippen LogP contribution in [0.4, 0.5) is 23.2 Å². The van der Waals surface area contributed by atoms with E-state index in [9.17, 15) is 22.7 Å². The number of aliphatic hydroxyl groups is 1. The van der Waals surface area contributed by atoms with Crippen molar-refractivity contribution in [1.29, 1.82) is 0 Å². The Morgan fingerprint density at radius 2 is 1.79 bits per heavy atom. The van der Waals surface area contributed by atoms with Gasteiger partial charge in [0.2, 0.25) is 0 Å². The van der Waals surface area contributed by atoms with Crippen molar-refractivity contribution in [3.05, 3.63) is 59.2 Å². The van der Waals surface area contributed by atoms with Gasteiger partial charge in [0.25, 0.3) is 0 Å². The van der Waals surface area contributed by atoms with E-state index in [2.05, 4.69) is 0 Å². The fourth-order valence-corrected chi connectivity index (χ4v) is 2.62. The molecule has 3 nitrogen and oxygen atoms in total. The fraction of sp³-hybridized carbons (Fsp3) is 0.294. The van der Waals surface area contributed by atoms with Crippen LogP contribution in [0.3, 0.4) is 0 Å². The number of hydrogen-bond donors (Lipinski definition) is 1. The van der Waals surface area contributed by atoms with Crippen LogP contribution in [0, 0.1) is 23.3 Å². The maximum Gasteiger partial charge on any atom is 0.167 e. The predicted molar refractivity (Wildman–Crippen MR) is 79.9 cm³/mol. The summed E-state index contributed by atoms with van der Waals surface area (Å²) in [6.07, 6.45) is -0.0631. The van der Waals surface area contributed by atoms with Gasteiger partial charge in [-0.15, -0.1) is 0 Å². The summed E-state index contributed by atoms with van der Waals surface area (Å²) < 4.78 is 59.4. The first kappa shape index (κ1) is 16.6. The van der Waals surface area contributed by atoms with Crippen molar-refractivity contribution in [3.8, 4) is 5.75 Å². The maximum absolute atomic E-state index is 14.2. The lowest BCUT2D eigenvalue weighted by molar-refractivity contribution is 0.198. The highest BCUT2D eigenvalue weighted by Gasteiger charge is 2.24. The van der Waals surface area contributed by atoms with Gasteiger partial charge in [-0.3, -0.25) is 0 Å². The first-order valence-corrected chi connectivity index (χ1v) is 7.43. The molecule has 24 heavy (non-hydrogen) atoms. The van der Waals surface area contributed by atoms with Crippen LogP contribution in [0.2, 0.25) is 0 Å². The lowest BCUT2D eigenvalue weighted by atomic mass is 10.2. The Hall–Kier alpha value is -2.28. The Bertz CT molecular complexity index is 754. The second-order valence-corrected chi connectivity index (χ2v) is 5.66. The molecule has 0 saturated carbocycles. The molecule has 0 unspecified atom stereocenters. The monoisotopic (exact) mass is 341 g/mol. The summed E-state index contributed by atoms with van der Waals surface area (Å²) in [5.41, 5.74) is 0.352. The highest BCUT2D eigenvalue weighted by molar-refractivity contribution is 5.52. The zero-order valence-electron chi connectivity index (χ0n) is 12.6. The molecule has 0 spiro atoms. The quantitative estimate of drug-likeness (QED) is 0.866. The van der Waals surface area contributed by atoms with Crippen molar-refractivity contribution in [2.75, 3.05) is 18.0 Å². The Kier molecular flexibility index (Phi) is 4.62. The molecule has 0 radical (unpaired) electrons. The van der Waals surface area contributed by atoms with Crippen molar-refractivity contribution >= 4 is 5.69 Å². The number of aliphatic hydroxyl groups excluding tert-OH is 1. The molecular weight excluding hydrogens is 326 g/mol. The van der Waals surface area contributed by atoms with E-state index in [0.29, 0.717) is 18.5 Å². The minimum Gasteiger partial charge on any atom is -0.486 e. The Morgan fingerprint density at radius 3 is 2.46 bits per heavy atom. The summed E-state index contributed by atoms with van der Waals surface area (Å²) in [7, 11) is 0. The summed E-state index contributed by atoms with van der Waals surface area (Å²) in [5, 5.41) is 9.49. The number of ether oxygens (including phenoxy) is 1. The third kappa shape index (κ3) is 3.46. The van der Waals surface area contributed by atoms with Crippen molar-refractivity contribution in [1.82, 2.24) is 0 Å². The summed E-state index contributed by atoms with van der Waals surface area (Å²) in [6.45, 7) is 0.452. The van der Waals surface area contributed by atoms with Crippen LogP contribution in [-0.2, 0) is 6.61 Å². The van der Waals surface area contributed by atoms with E-state index in [1.54, 1.807) is 4.90 Å². The molecule has 2 aromatic carbocycles. The van der Waals surface area contributed by atoms with E-state index in [1.807, 2.05) is 0 Å². The molecule has 1 aliphatic heterocycles. The van der Waals surface area contributed by atoms with E-state index in [0.717, 1.165) is 24.3 Å². The van der Waals surface area contributed by atoms with Crippen LogP contribution < -0.4 is 9.64 Å². The van der Waals surface area contributed by atoms with E-state index in [-0.39, 0.29) is 24.6 Å². The van der Waals surface area contributed by atoms with Gasteiger partial charge in [0.15, 0.2) is 23.2 Å². The minimum atomic E-state index is -1.04. The molecule has 2 aromatic rings. The lowest BCUT2D eigenvalue weighted by Gasteiger charge is -2.19. The number of nitrogens with zero attached hydrogens (tertiary/aromatic N) is 1. The molecule has 0 aliphatic carbocycles. The van der Waals surface area contributed by atoms with Gasteiger partial charge < -0.3 is 14.7 Å². The Morgan fingerprint density at radius 1 is 1.00 bits per heavy atom. The topological polar surface area (TPSA) is 32.7 Å². The smallest absolute Gasteiger partial charge is 0.167 e. The highest BCUT2D eigenvalue weighted by atomic mass is 19.2. The number of hydrogen-bond acceptors (Lipinski definition) is 3. The maximum atomic E-state index is 14.2. The number of β-amino-alcohol motifs (C(OH)–C–C–N with tert-alkyl or cyclic N) is 1. The van der Waals surface area contributed by atoms with Gasteiger partial charge in [-0.2, -0.15) is 0 Å². The fourth-order valence-electron chi connectivity index (χ4n) is 2.62. The van der Waals surface area contributed by atoms with E-state index >= 15 is 0 Å². The third-order valence-electron chi connectivity index (χ3n) is 3.88. The van der Waals surface area contributed by atoms with Crippen LogP contribution in [-0.4, -0.2) is 24.3 Å². The molecule has 1 saturated heterocycles. The molecule has 1 fully saturated rings.